The van der Waals surface area contributed by atoms with Crippen molar-refractivity contribution in [1.29, 1.82) is 0 Å². The van der Waals surface area contributed by atoms with Crippen LogP contribution in [0.3, 0.4) is 0 Å². The first kappa shape index (κ1) is 11.1. The normalized spacial score (nSPS) is 20.2. The van der Waals surface area contributed by atoms with Gasteiger partial charge in [-0.3, -0.25) is 4.79 Å². The zero-order valence-corrected chi connectivity index (χ0v) is 9.39. The molecule has 1 aromatic carbocycles. The van der Waals surface area contributed by atoms with Crippen molar-refractivity contribution in [3.8, 4) is 0 Å². The summed E-state index contributed by atoms with van der Waals surface area (Å²) in [6.45, 7) is 3.16. The number of epoxide rings is 1. The second-order valence-corrected chi connectivity index (χ2v) is 4.20. The monoisotopic (exact) mass is 220 g/mol. The highest BCUT2D eigenvalue weighted by Crippen LogP contribution is 2.22. The van der Waals surface area contributed by atoms with Crippen molar-refractivity contribution < 1.29 is 14.3 Å². The quantitative estimate of drug-likeness (QED) is 0.563. The Morgan fingerprint density at radius 2 is 2.19 bits per heavy atom. The van der Waals surface area contributed by atoms with Crippen LogP contribution in [0.2, 0.25) is 0 Å². The summed E-state index contributed by atoms with van der Waals surface area (Å²) in [5.74, 6) is 0.120. The fourth-order valence-corrected chi connectivity index (χ4v) is 1.58. The van der Waals surface area contributed by atoms with Crippen molar-refractivity contribution in [2.45, 2.75) is 26.1 Å². The van der Waals surface area contributed by atoms with E-state index in [9.17, 15) is 4.79 Å². The lowest BCUT2D eigenvalue weighted by Gasteiger charge is -2.08. The van der Waals surface area contributed by atoms with E-state index in [1.807, 2.05) is 37.3 Å². The van der Waals surface area contributed by atoms with Gasteiger partial charge in [0.15, 0.2) is 0 Å². The molecule has 3 heteroatoms. The molecule has 2 rings (SSSR count). The fraction of sp³-hybridized carbons (Fsp3) is 0.462. The molecule has 0 bridgehead atoms. The maximum absolute atomic E-state index is 11.5. The molecule has 2 atom stereocenters. The maximum Gasteiger partial charge on any atom is 0.306 e. The molecule has 86 valence electrons. The van der Waals surface area contributed by atoms with Crippen molar-refractivity contribution in [3.63, 3.8) is 0 Å². The van der Waals surface area contributed by atoms with Gasteiger partial charge in [-0.2, -0.15) is 0 Å². The van der Waals surface area contributed by atoms with Gasteiger partial charge in [0.2, 0.25) is 0 Å². The minimum atomic E-state index is -0.146. The zero-order chi connectivity index (χ0) is 11.4. The molecular weight excluding hydrogens is 204 g/mol. The van der Waals surface area contributed by atoms with Gasteiger partial charge >= 0.3 is 5.97 Å². The molecule has 1 aliphatic rings. The highest BCUT2D eigenvalue weighted by Gasteiger charge is 2.31. The molecule has 0 N–H and O–H groups in total. The predicted molar refractivity (Wildman–Crippen MR) is 59.8 cm³/mol. The number of hydrogen-bond acceptors (Lipinski definition) is 3. The Labute approximate surface area is 95.4 Å². The minimum Gasteiger partial charge on any atom is -0.461 e. The largest absolute Gasteiger partial charge is 0.461 e. The summed E-state index contributed by atoms with van der Waals surface area (Å²) in [4.78, 5) is 11.5. The third kappa shape index (κ3) is 3.35. The molecule has 1 heterocycles. The number of rotatable bonds is 5. The molecule has 1 fully saturated rings. The highest BCUT2D eigenvalue weighted by molar-refractivity contribution is 5.69. The van der Waals surface area contributed by atoms with Gasteiger partial charge in [0.05, 0.1) is 19.1 Å². The number of carbonyl (C=O) groups is 1. The topological polar surface area (TPSA) is 38.8 Å². The van der Waals surface area contributed by atoms with Crippen LogP contribution in [-0.4, -0.2) is 18.7 Å². The first-order valence-corrected chi connectivity index (χ1v) is 5.57. The first-order chi connectivity index (χ1) is 7.75. The van der Waals surface area contributed by atoms with Gasteiger partial charge in [-0.15, -0.1) is 0 Å². The molecule has 16 heavy (non-hydrogen) atoms. The van der Waals surface area contributed by atoms with Crippen LogP contribution in [0.25, 0.3) is 0 Å². The molecule has 0 saturated carbocycles. The summed E-state index contributed by atoms with van der Waals surface area (Å²) in [5, 5.41) is 0. The van der Waals surface area contributed by atoms with Gasteiger partial charge in [0.1, 0.15) is 6.61 Å². The van der Waals surface area contributed by atoms with E-state index in [4.69, 9.17) is 9.47 Å². The summed E-state index contributed by atoms with van der Waals surface area (Å²) in [6.07, 6.45) is 0.710. The lowest BCUT2D eigenvalue weighted by Crippen LogP contribution is -2.13. The fourth-order valence-electron chi connectivity index (χ4n) is 1.58. The van der Waals surface area contributed by atoms with E-state index in [1.54, 1.807) is 0 Å². The molecule has 1 aliphatic heterocycles. The number of benzene rings is 1. The molecule has 2 unspecified atom stereocenters. The summed E-state index contributed by atoms with van der Waals surface area (Å²) in [7, 11) is 0. The van der Waals surface area contributed by atoms with Crippen LogP contribution in [0, 0.1) is 5.92 Å². The van der Waals surface area contributed by atoms with E-state index in [0.717, 1.165) is 12.2 Å². The van der Waals surface area contributed by atoms with Gasteiger partial charge < -0.3 is 9.47 Å². The SMILES string of the molecule is CC(CC(=O)OCc1ccccc1)C1CO1. The Balaban J connectivity index is 1.71. The summed E-state index contributed by atoms with van der Waals surface area (Å²) >= 11 is 0. The Hall–Kier alpha value is -1.35. The number of ether oxygens (including phenoxy) is 2. The van der Waals surface area contributed by atoms with Crippen LogP contribution < -0.4 is 0 Å². The average molecular weight is 220 g/mol. The van der Waals surface area contributed by atoms with Crippen LogP contribution in [0.1, 0.15) is 18.9 Å². The average Bonchev–Trinajstić information content (AvgIpc) is 3.11. The Morgan fingerprint density at radius 1 is 1.50 bits per heavy atom. The molecule has 0 spiro atoms. The summed E-state index contributed by atoms with van der Waals surface area (Å²) in [6, 6.07) is 9.70. The smallest absolute Gasteiger partial charge is 0.306 e. The lowest BCUT2D eigenvalue weighted by atomic mass is 10.1. The van der Waals surface area contributed by atoms with Gasteiger partial charge in [0.25, 0.3) is 0 Å². The standard InChI is InChI=1S/C13H16O3/c1-10(12-9-15-12)7-13(14)16-8-11-5-3-2-4-6-11/h2-6,10,12H,7-9H2,1H3. The second-order valence-electron chi connectivity index (χ2n) is 4.20. The highest BCUT2D eigenvalue weighted by atomic mass is 16.6. The van der Waals surface area contributed by atoms with E-state index >= 15 is 0 Å². The maximum atomic E-state index is 11.5. The third-order valence-electron chi connectivity index (χ3n) is 2.73. The van der Waals surface area contributed by atoms with Crippen molar-refractivity contribution in [2.75, 3.05) is 6.61 Å². The zero-order valence-electron chi connectivity index (χ0n) is 9.39. The van der Waals surface area contributed by atoms with Crippen molar-refractivity contribution in [1.82, 2.24) is 0 Å². The third-order valence-corrected chi connectivity index (χ3v) is 2.73. The van der Waals surface area contributed by atoms with Crippen LogP contribution >= 0.6 is 0 Å². The Bertz CT molecular complexity index is 343. The number of hydrogen-bond donors (Lipinski definition) is 0. The van der Waals surface area contributed by atoms with E-state index in [2.05, 4.69) is 0 Å². The predicted octanol–water partition coefficient (Wildman–Crippen LogP) is 2.15. The van der Waals surface area contributed by atoms with Crippen molar-refractivity contribution in [3.05, 3.63) is 35.9 Å². The second kappa shape index (κ2) is 5.12. The van der Waals surface area contributed by atoms with E-state index < -0.39 is 0 Å². The molecule has 1 saturated heterocycles. The Kier molecular flexibility index (Phi) is 3.57. The van der Waals surface area contributed by atoms with Gasteiger partial charge in [0, 0.05) is 0 Å². The number of carbonyl (C=O) groups excluding carboxylic acids is 1. The molecule has 3 nitrogen and oxygen atoms in total. The van der Waals surface area contributed by atoms with Crippen LogP contribution in [0.4, 0.5) is 0 Å². The van der Waals surface area contributed by atoms with Crippen molar-refractivity contribution >= 4 is 5.97 Å². The molecule has 0 amide bonds. The Morgan fingerprint density at radius 3 is 2.81 bits per heavy atom. The number of esters is 1. The van der Waals surface area contributed by atoms with Crippen molar-refractivity contribution in [2.24, 2.45) is 5.92 Å². The summed E-state index contributed by atoms with van der Waals surface area (Å²) in [5.41, 5.74) is 1.02. The van der Waals surface area contributed by atoms with Crippen LogP contribution in [-0.2, 0) is 20.9 Å². The summed E-state index contributed by atoms with van der Waals surface area (Å²) < 4.78 is 10.3. The lowest BCUT2D eigenvalue weighted by molar-refractivity contribution is -0.146. The molecule has 0 radical (unpaired) electrons. The molecular formula is C13H16O3. The minimum absolute atomic E-state index is 0.146. The van der Waals surface area contributed by atoms with Gasteiger partial charge in [-0.05, 0) is 11.5 Å². The van der Waals surface area contributed by atoms with E-state index in [0.29, 0.717) is 13.0 Å². The molecule has 0 aromatic heterocycles. The van der Waals surface area contributed by atoms with Gasteiger partial charge in [-0.1, -0.05) is 37.3 Å². The van der Waals surface area contributed by atoms with E-state index in [-0.39, 0.29) is 18.0 Å². The first-order valence-electron chi connectivity index (χ1n) is 5.57. The van der Waals surface area contributed by atoms with Crippen LogP contribution in [0.15, 0.2) is 30.3 Å². The van der Waals surface area contributed by atoms with Gasteiger partial charge in [-0.25, -0.2) is 0 Å². The van der Waals surface area contributed by atoms with E-state index in [1.165, 1.54) is 0 Å². The van der Waals surface area contributed by atoms with Crippen LogP contribution in [0.5, 0.6) is 0 Å². The molecule has 0 aliphatic carbocycles. The molecule has 1 aromatic rings.